The number of para-hydroxylation sites is 1. The number of nitro benzene ring substituents is 1. The van der Waals surface area contributed by atoms with Gasteiger partial charge in [-0.15, -0.1) is 5.10 Å². The van der Waals surface area contributed by atoms with Crippen LogP contribution < -0.4 is 4.74 Å². The molecule has 2 aromatic rings. The van der Waals surface area contributed by atoms with Crippen LogP contribution in [0.25, 0.3) is 0 Å². The Morgan fingerprint density at radius 1 is 1.47 bits per heavy atom. The summed E-state index contributed by atoms with van der Waals surface area (Å²) in [6.45, 7) is 1.73. The van der Waals surface area contributed by atoms with E-state index in [-0.39, 0.29) is 16.6 Å². The number of benzene rings is 1. The van der Waals surface area contributed by atoms with Gasteiger partial charge in [0, 0.05) is 6.07 Å². The summed E-state index contributed by atoms with van der Waals surface area (Å²) in [4.78, 5) is 10.4. The Kier molecular flexibility index (Phi) is 3.34. The van der Waals surface area contributed by atoms with Crippen molar-refractivity contribution >= 4 is 33.0 Å². The quantitative estimate of drug-likeness (QED) is 0.641. The standard InChI is InChI=1S/C9H6BrN3O3S/c1-5-3-2-4-6(13(14)15)7(5)16-9-12-11-8(10)17-9/h2-4H,1H3. The van der Waals surface area contributed by atoms with Crippen LogP contribution in [0.4, 0.5) is 5.69 Å². The van der Waals surface area contributed by atoms with E-state index in [0.717, 1.165) is 11.3 Å². The molecule has 2 rings (SSSR count). The summed E-state index contributed by atoms with van der Waals surface area (Å²) < 4.78 is 5.95. The van der Waals surface area contributed by atoms with E-state index in [0.29, 0.717) is 9.48 Å². The summed E-state index contributed by atoms with van der Waals surface area (Å²) in [6, 6.07) is 4.73. The van der Waals surface area contributed by atoms with Gasteiger partial charge in [-0.05, 0) is 39.8 Å². The summed E-state index contributed by atoms with van der Waals surface area (Å²) >= 11 is 4.30. The monoisotopic (exact) mass is 315 g/mol. The lowest BCUT2D eigenvalue weighted by atomic mass is 10.2. The summed E-state index contributed by atoms with van der Waals surface area (Å²) in [6.07, 6.45) is 0. The first kappa shape index (κ1) is 11.9. The Bertz CT molecular complexity index is 572. The molecule has 0 fully saturated rings. The molecule has 1 aromatic heterocycles. The molecule has 88 valence electrons. The number of aryl methyl sites for hydroxylation is 1. The van der Waals surface area contributed by atoms with Crippen molar-refractivity contribution in [3.63, 3.8) is 0 Å². The summed E-state index contributed by atoms with van der Waals surface area (Å²) in [5, 5.41) is 18.5. The molecule has 0 bridgehead atoms. The molecule has 8 heteroatoms. The second-order valence-corrected chi connectivity index (χ2v) is 5.32. The predicted molar refractivity (Wildman–Crippen MR) is 65.5 cm³/mol. The van der Waals surface area contributed by atoms with Crippen LogP contribution in [0.3, 0.4) is 0 Å². The summed E-state index contributed by atoms with van der Waals surface area (Å²) in [5.41, 5.74) is 0.585. The number of rotatable bonds is 3. The molecule has 0 N–H and O–H groups in total. The first-order valence-electron chi connectivity index (χ1n) is 4.49. The molecule has 0 saturated carbocycles. The van der Waals surface area contributed by atoms with Gasteiger partial charge in [-0.2, -0.15) is 0 Å². The van der Waals surface area contributed by atoms with E-state index in [9.17, 15) is 10.1 Å². The van der Waals surface area contributed by atoms with E-state index in [2.05, 4.69) is 26.1 Å². The van der Waals surface area contributed by atoms with Gasteiger partial charge in [0.05, 0.1) is 4.92 Å². The van der Waals surface area contributed by atoms with Crippen LogP contribution in [0.1, 0.15) is 5.56 Å². The maximum atomic E-state index is 10.9. The fourth-order valence-corrected chi connectivity index (χ4v) is 2.16. The second kappa shape index (κ2) is 4.76. The molecule has 1 aromatic carbocycles. The highest BCUT2D eigenvalue weighted by atomic mass is 79.9. The molecule has 17 heavy (non-hydrogen) atoms. The minimum atomic E-state index is -0.488. The number of ether oxygens (including phenoxy) is 1. The van der Waals surface area contributed by atoms with E-state index < -0.39 is 4.92 Å². The Morgan fingerprint density at radius 2 is 2.24 bits per heavy atom. The number of nitrogens with zero attached hydrogens (tertiary/aromatic N) is 3. The van der Waals surface area contributed by atoms with Gasteiger partial charge < -0.3 is 4.74 Å². The predicted octanol–water partition coefficient (Wildman–Crippen LogP) is 3.31. The van der Waals surface area contributed by atoms with Crippen molar-refractivity contribution in [1.82, 2.24) is 10.2 Å². The molecule has 0 atom stereocenters. The molecule has 0 aliphatic heterocycles. The summed E-state index contributed by atoms with van der Waals surface area (Å²) in [5.74, 6) is 0.196. The van der Waals surface area contributed by atoms with Crippen LogP contribution >= 0.6 is 27.3 Å². The first-order valence-corrected chi connectivity index (χ1v) is 6.09. The van der Waals surface area contributed by atoms with Crippen molar-refractivity contribution in [3.8, 4) is 10.9 Å². The van der Waals surface area contributed by atoms with Gasteiger partial charge >= 0.3 is 10.9 Å². The minimum Gasteiger partial charge on any atom is -0.422 e. The fraction of sp³-hybridized carbons (Fsp3) is 0.111. The number of hydrogen-bond donors (Lipinski definition) is 0. The largest absolute Gasteiger partial charge is 0.422 e. The third-order valence-corrected chi connectivity index (χ3v) is 3.19. The molecule has 0 amide bonds. The maximum Gasteiger partial charge on any atom is 0.311 e. The number of aromatic nitrogens is 2. The highest BCUT2D eigenvalue weighted by molar-refractivity contribution is 9.11. The SMILES string of the molecule is Cc1cccc([N+](=O)[O-])c1Oc1nnc(Br)s1. The average Bonchev–Trinajstić information content (AvgIpc) is 2.67. The fourth-order valence-electron chi connectivity index (χ4n) is 1.24. The number of hydrogen-bond acceptors (Lipinski definition) is 6. The average molecular weight is 316 g/mol. The van der Waals surface area contributed by atoms with Crippen LogP contribution in [-0.2, 0) is 0 Å². The molecule has 0 unspecified atom stereocenters. The minimum absolute atomic E-state index is 0.0867. The van der Waals surface area contributed by atoms with E-state index in [1.165, 1.54) is 6.07 Å². The lowest BCUT2D eigenvalue weighted by Crippen LogP contribution is -1.95. The maximum absolute atomic E-state index is 10.9. The zero-order chi connectivity index (χ0) is 12.4. The van der Waals surface area contributed by atoms with Gasteiger partial charge in [0.1, 0.15) is 0 Å². The molecule has 0 aliphatic rings. The molecule has 0 spiro atoms. The van der Waals surface area contributed by atoms with Crippen LogP contribution in [-0.4, -0.2) is 15.1 Å². The normalized spacial score (nSPS) is 10.2. The zero-order valence-corrected chi connectivity index (χ0v) is 11.0. The third kappa shape index (κ3) is 2.59. The summed E-state index contributed by atoms with van der Waals surface area (Å²) in [7, 11) is 0. The van der Waals surface area contributed by atoms with Crippen molar-refractivity contribution in [2.75, 3.05) is 0 Å². The molecule has 0 aliphatic carbocycles. The Labute approximate surface area is 109 Å². The van der Waals surface area contributed by atoms with Crippen LogP contribution in [0.2, 0.25) is 0 Å². The highest BCUT2D eigenvalue weighted by Gasteiger charge is 2.19. The van der Waals surface area contributed by atoms with Gasteiger partial charge in [0.2, 0.25) is 5.75 Å². The van der Waals surface area contributed by atoms with Gasteiger partial charge in [0.15, 0.2) is 3.92 Å². The number of nitro groups is 1. The van der Waals surface area contributed by atoms with Crippen molar-refractivity contribution in [3.05, 3.63) is 37.8 Å². The van der Waals surface area contributed by atoms with Gasteiger partial charge in [0.25, 0.3) is 0 Å². The molecule has 1 heterocycles. The van der Waals surface area contributed by atoms with Crippen LogP contribution in [0.5, 0.6) is 10.9 Å². The molecular formula is C9H6BrN3O3S. The number of halogens is 1. The highest BCUT2D eigenvalue weighted by Crippen LogP contribution is 2.36. The smallest absolute Gasteiger partial charge is 0.311 e. The Morgan fingerprint density at radius 3 is 2.82 bits per heavy atom. The van der Waals surface area contributed by atoms with Gasteiger partial charge in [-0.25, -0.2) is 0 Å². The Balaban J connectivity index is 2.40. The molecular weight excluding hydrogens is 310 g/mol. The second-order valence-electron chi connectivity index (χ2n) is 3.10. The van der Waals surface area contributed by atoms with E-state index in [1.54, 1.807) is 19.1 Å². The van der Waals surface area contributed by atoms with E-state index >= 15 is 0 Å². The van der Waals surface area contributed by atoms with Crippen LogP contribution in [0.15, 0.2) is 22.1 Å². The lowest BCUT2D eigenvalue weighted by molar-refractivity contribution is -0.385. The van der Waals surface area contributed by atoms with E-state index in [4.69, 9.17) is 4.74 Å². The van der Waals surface area contributed by atoms with Crippen LogP contribution in [0, 0.1) is 17.0 Å². The van der Waals surface area contributed by atoms with E-state index in [1.807, 2.05) is 0 Å². The van der Waals surface area contributed by atoms with Crippen molar-refractivity contribution in [2.24, 2.45) is 0 Å². The molecule has 0 radical (unpaired) electrons. The first-order chi connectivity index (χ1) is 8.08. The van der Waals surface area contributed by atoms with Gasteiger partial charge in [-0.3, -0.25) is 10.1 Å². The molecule has 6 nitrogen and oxygen atoms in total. The van der Waals surface area contributed by atoms with Gasteiger partial charge in [-0.1, -0.05) is 17.2 Å². The zero-order valence-electron chi connectivity index (χ0n) is 8.58. The third-order valence-electron chi connectivity index (χ3n) is 1.96. The van der Waals surface area contributed by atoms with Crippen molar-refractivity contribution in [1.29, 1.82) is 0 Å². The van der Waals surface area contributed by atoms with Crippen molar-refractivity contribution in [2.45, 2.75) is 6.92 Å². The topological polar surface area (TPSA) is 78.2 Å². The molecule has 0 saturated heterocycles. The lowest BCUT2D eigenvalue weighted by Gasteiger charge is -2.05. The Hall–Kier alpha value is -1.54. The van der Waals surface area contributed by atoms with Crippen molar-refractivity contribution < 1.29 is 9.66 Å².